The molecule has 13 heavy (non-hydrogen) atoms. The summed E-state index contributed by atoms with van der Waals surface area (Å²) in [6.45, 7) is 9.74. The molecule has 2 nitrogen and oxygen atoms in total. The topological polar surface area (TPSA) is 15.3 Å². The van der Waals surface area contributed by atoms with Crippen LogP contribution in [-0.2, 0) is 0 Å². The predicted octanol–water partition coefficient (Wildman–Crippen LogP) is 1.57. The number of piperidine rings is 1. The van der Waals surface area contributed by atoms with Crippen LogP contribution in [0.1, 0.15) is 26.7 Å². The first-order chi connectivity index (χ1) is 6.22. The molecule has 1 heterocycles. The molecule has 1 aliphatic rings. The zero-order valence-corrected chi connectivity index (χ0v) is 9.34. The van der Waals surface area contributed by atoms with Crippen LogP contribution in [-0.4, -0.2) is 38.1 Å². The van der Waals surface area contributed by atoms with Crippen LogP contribution in [0.4, 0.5) is 0 Å². The van der Waals surface area contributed by atoms with Gasteiger partial charge in [-0.15, -0.1) is 0 Å². The van der Waals surface area contributed by atoms with E-state index in [-0.39, 0.29) is 0 Å². The standard InChI is InChI=1S/C11H24N2/c1-10-5-4-6-13(8-10)9-11(2)7-12-3/h10-12H,4-9H2,1-3H3. The van der Waals surface area contributed by atoms with Crippen LogP contribution in [0.3, 0.4) is 0 Å². The first-order valence-corrected chi connectivity index (χ1v) is 5.59. The van der Waals surface area contributed by atoms with Crippen molar-refractivity contribution in [1.29, 1.82) is 0 Å². The molecule has 0 aromatic rings. The molecule has 1 aliphatic heterocycles. The fourth-order valence-electron chi connectivity index (χ4n) is 2.31. The zero-order chi connectivity index (χ0) is 9.68. The number of nitrogens with zero attached hydrogens (tertiary/aromatic N) is 1. The van der Waals surface area contributed by atoms with Gasteiger partial charge in [0.05, 0.1) is 0 Å². The maximum atomic E-state index is 3.24. The van der Waals surface area contributed by atoms with E-state index in [1.807, 2.05) is 7.05 Å². The van der Waals surface area contributed by atoms with E-state index in [9.17, 15) is 0 Å². The van der Waals surface area contributed by atoms with E-state index >= 15 is 0 Å². The smallest absolute Gasteiger partial charge is 0.00193 e. The van der Waals surface area contributed by atoms with E-state index in [0.29, 0.717) is 0 Å². The summed E-state index contributed by atoms with van der Waals surface area (Å²) in [5, 5.41) is 3.24. The lowest BCUT2D eigenvalue weighted by Crippen LogP contribution is -2.39. The second-order valence-electron chi connectivity index (χ2n) is 4.67. The van der Waals surface area contributed by atoms with Crippen molar-refractivity contribution < 1.29 is 0 Å². The van der Waals surface area contributed by atoms with Gasteiger partial charge in [-0.1, -0.05) is 13.8 Å². The first kappa shape index (κ1) is 11.0. The summed E-state index contributed by atoms with van der Waals surface area (Å²) in [5.41, 5.74) is 0. The van der Waals surface area contributed by atoms with Crippen LogP contribution in [0.25, 0.3) is 0 Å². The van der Waals surface area contributed by atoms with Gasteiger partial charge < -0.3 is 10.2 Å². The Bertz CT molecular complexity index is 136. The van der Waals surface area contributed by atoms with E-state index in [1.54, 1.807) is 0 Å². The van der Waals surface area contributed by atoms with Gasteiger partial charge >= 0.3 is 0 Å². The molecule has 0 aromatic heterocycles. The highest BCUT2D eigenvalue weighted by Crippen LogP contribution is 2.16. The Hall–Kier alpha value is -0.0800. The molecule has 2 atom stereocenters. The lowest BCUT2D eigenvalue weighted by atomic mass is 9.99. The minimum atomic E-state index is 0.787. The Kier molecular flexibility index (Phi) is 4.74. The molecule has 1 N–H and O–H groups in total. The summed E-state index contributed by atoms with van der Waals surface area (Å²) in [4.78, 5) is 2.62. The van der Waals surface area contributed by atoms with Crippen molar-refractivity contribution in [1.82, 2.24) is 10.2 Å². The van der Waals surface area contributed by atoms with Gasteiger partial charge in [-0.3, -0.25) is 0 Å². The largest absolute Gasteiger partial charge is 0.319 e. The van der Waals surface area contributed by atoms with E-state index in [4.69, 9.17) is 0 Å². The van der Waals surface area contributed by atoms with Crippen molar-refractivity contribution in [2.45, 2.75) is 26.7 Å². The average molecular weight is 184 g/mol. The van der Waals surface area contributed by atoms with Crippen LogP contribution in [0.2, 0.25) is 0 Å². The highest BCUT2D eigenvalue weighted by molar-refractivity contribution is 4.72. The molecule has 0 aliphatic carbocycles. The van der Waals surface area contributed by atoms with Gasteiger partial charge in [0, 0.05) is 13.1 Å². The zero-order valence-electron chi connectivity index (χ0n) is 9.34. The van der Waals surface area contributed by atoms with Gasteiger partial charge in [-0.25, -0.2) is 0 Å². The van der Waals surface area contributed by atoms with E-state index < -0.39 is 0 Å². The summed E-state index contributed by atoms with van der Waals surface area (Å²) in [7, 11) is 2.04. The minimum Gasteiger partial charge on any atom is -0.319 e. The van der Waals surface area contributed by atoms with Crippen LogP contribution in [0.15, 0.2) is 0 Å². The SMILES string of the molecule is CNCC(C)CN1CCCC(C)C1. The third kappa shape index (κ3) is 4.10. The summed E-state index contributed by atoms with van der Waals surface area (Å²) in [6, 6.07) is 0. The van der Waals surface area contributed by atoms with Gasteiger partial charge in [0.2, 0.25) is 0 Å². The van der Waals surface area contributed by atoms with E-state index in [2.05, 4.69) is 24.1 Å². The number of hydrogen-bond acceptors (Lipinski definition) is 2. The third-order valence-electron chi connectivity index (χ3n) is 2.86. The van der Waals surface area contributed by atoms with E-state index in [1.165, 1.54) is 32.5 Å². The van der Waals surface area contributed by atoms with Crippen molar-refractivity contribution in [3.8, 4) is 0 Å². The summed E-state index contributed by atoms with van der Waals surface area (Å²) in [6.07, 6.45) is 2.82. The van der Waals surface area contributed by atoms with Gasteiger partial charge in [-0.2, -0.15) is 0 Å². The molecule has 78 valence electrons. The van der Waals surface area contributed by atoms with Crippen LogP contribution < -0.4 is 5.32 Å². The summed E-state index contributed by atoms with van der Waals surface area (Å²) < 4.78 is 0. The monoisotopic (exact) mass is 184 g/mol. The Labute approximate surface area is 82.7 Å². The maximum Gasteiger partial charge on any atom is 0.00193 e. The molecule has 0 bridgehead atoms. The van der Waals surface area contributed by atoms with Crippen LogP contribution in [0, 0.1) is 11.8 Å². The van der Waals surface area contributed by atoms with Crippen molar-refractivity contribution in [2.75, 3.05) is 33.2 Å². The average Bonchev–Trinajstić information content (AvgIpc) is 2.04. The second kappa shape index (κ2) is 5.61. The van der Waals surface area contributed by atoms with Crippen LogP contribution in [0.5, 0.6) is 0 Å². The first-order valence-electron chi connectivity index (χ1n) is 5.59. The van der Waals surface area contributed by atoms with Crippen molar-refractivity contribution in [2.24, 2.45) is 11.8 Å². The highest BCUT2D eigenvalue weighted by atomic mass is 15.1. The number of rotatable bonds is 4. The third-order valence-corrected chi connectivity index (χ3v) is 2.86. The van der Waals surface area contributed by atoms with Crippen molar-refractivity contribution in [3.63, 3.8) is 0 Å². The van der Waals surface area contributed by atoms with Gasteiger partial charge in [0.1, 0.15) is 0 Å². The molecule has 2 unspecified atom stereocenters. The maximum absolute atomic E-state index is 3.24. The number of nitrogens with one attached hydrogen (secondary N) is 1. The lowest BCUT2D eigenvalue weighted by molar-refractivity contribution is 0.162. The Morgan fingerprint density at radius 2 is 2.31 bits per heavy atom. The van der Waals surface area contributed by atoms with Gasteiger partial charge in [0.15, 0.2) is 0 Å². The highest BCUT2D eigenvalue weighted by Gasteiger charge is 2.17. The Balaban J connectivity index is 2.19. The molecule has 1 fully saturated rings. The molecule has 0 saturated carbocycles. The fourth-order valence-corrected chi connectivity index (χ4v) is 2.31. The number of likely N-dealkylation sites (tertiary alicyclic amines) is 1. The quantitative estimate of drug-likeness (QED) is 0.713. The van der Waals surface area contributed by atoms with Gasteiger partial charge in [-0.05, 0) is 44.8 Å². The second-order valence-corrected chi connectivity index (χ2v) is 4.67. The summed E-state index contributed by atoms with van der Waals surface area (Å²) in [5.74, 6) is 1.70. The predicted molar refractivity (Wildman–Crippen MR) is 57.9 cm³/mol. The fraction of sp³-hybridized carbons (Fsp3) is 1.00. The van der Waals surface area contributed by atoms with Crippen molar-refractivity contribution >= 4 is 0 Å². The Morgan fingerprint density at radius 1 is 1.54 bits per heavy atom. The summed E-state index contributed by atoms with van der Waals surface area (Å²) >= 11 is 0. The molecular formula is C11H24N2. The molecule has 0 radical (unpaired) electrons. The molecular weight excluding hydrogens is 160 g/mol. The lowest BCUT2D eigenvalue weighted by Gasteiger charge is -2.32. The molecule has 0 aromatic carbocycles. The molecule has 0 spiro atoms. The normalized spacial score (nSPS) is 27.5. The molecule has 1 rings (SSSR count). The Morgan fingerprint density at radius 3 is 2.92 bits per heavy atom. The van der Waals surface area contributed by atoms with E-state index in [0.717, 1.165) is 18.4 Å². The molecule has 2 heteroatoms. The number of hydrogen-bond donors (Lipinski definition) is 1. The van der Waals surface area contributed by atoms with Gasteiger partial charge in [0.25, 0.3) is 0 Å². The molecule has 0 amide bonds. The van der Waals surface area contributed by atoms with Crippen molar-refractivity contribution in [3.05, 3.63) is 0 Å². The molecule has 1 saturated heterocycles. The minimum absolute atomic E-state index is 0.787. The van der Waals surface area contributed by atoms with Crippen LogP contribution >= 0.6 is 0 Å².